The summed E-state index contributed by atoms with van der Waals surface area (Å²) in [5.41, 5.74) is 9.44. The zero-order chi connectivity index (χ0) is 26.7. The largest absolute Gasteiger partial charge is 0.480 e. The highest BCUT2D eigenvalue weighted by Crippen LogP contribution is 2.23. The Balaban J connectivity index is 1.68. The number of carboxylic acid groups (broad SMARTS) is 1. The van der Waals surface area contributed by atoms with Crippen molar-refractivity contribution in [3.05, 3.63) is 76.4 Å². The number of carbonyl (C=O) groups excluding carboxylic acids is 1. The summed E-state index contributed by atoms with van der Waals surface area (Å²) in [6, 6.07) is 9.20. The average Bonchev–Trinajstić information content (AvgIpc) is 2.87. The van der Waals surface area contributed by atoms with Crippen LogP contribution >= 0.6 is 0 Å². The number of aliphatic carboxylic acids is 1. The lowest BCUT2D eigenvalue weighted by atomic mass is 9.98. The Kier molecular flexibility index (Phi) is 7.76. The molecular weight excluding hydrogens is 494 g/mol. The van der Waals surface area contributed by atoms with E-state index in [1.807, 2.05) is 0 Å². The van der Waals surface area contributed by atoms with Gasteiger partial charge >= 0.3 is 5.97 Å². The van der Waals surface area contributed by atoms with Gasteiger partial charge in [-0.3, -0.25) is 10.2 Å². The first-order valence-corrected chi connectivity index (χ1v) is 13.5. The Labute approximate surface area is 216 Å². The van der Waals surface area contributed by atoms with Crippen LogP contribution in [0.5, 0.6) is 0 Å². The minimum Gasteiger partial charge on any atom is -0.480 e. The minimum atomic E-state index is -4.13. The lowest BCUT2D eigenvalue weighted by Crippen LogP contribution is -2.55. The molecule has 11 heteroatoms. The Bertz CT molecular complexity index is 1370. The maximum absolute atomic E-state index is 13.7. The number of rotatable bonds is 8. The van der Waals surface area contributed by atoms with Gasteiger partial charge in [-0.15, -0.1) is 0 Å². The summed E-state index contributed by atoms with van der Waals surface area (Å²) in [7, 11) is -4.13. The van der Waals surface area contributed by atoms with Gasteiger partial charge < -0.3 is 21.1 Å². The number of nitrogens with one attached hydrogen (secondary N) is 3. The fourth-order valence-corrected chi connectivity index (χ4v) is 5.94. The van der Waals surface area contributed by atoms with Crippen molar-refractivity contribution < 1.29 is 23.1 Å². The Morgan fingerprint density at radius 2 is 2.03 bits per heavy atom. The monoisotopic (exact) mass is 525 g/mol. The number of nitrogens with two attached hydrogens (primary N) is 1. The number of sulfonamides is 1. The molecule has 1 amide bonds. The number of fused-ring (bicyclic) bond motifs is 1. The van der Waals surface area contributed by atoms with Gasteiger partial charge in [0.25, 0.3) is 0 Å². The third-order valence-electron chi connectivity index (χ3n) is 6.74. The lowest BCUT2D eigenvalue weighted by Gasteiger charge is -2.34. The van der Waals surface area contributed by atoms with Crippen molar-refractivity contribution >= 4 is 27.7 Å². The van der Waals surface area contributed by atoms with Gasteiger partial charge in [-0.25, -0.2) is 13.2 Å². The molecule has 37 heavy (non-hydrogen) atoms. The molecule has 2 aliphatic heterocycles. The number of benzene rings is 2. The van der Waals surface area contributed by atoms with Gasteiger partial charge in [0.2, 0.25) is 15.9 Å². The summed E-state index contributed by atoms with van der Waals surface area (Å²) < 4.78 is 29.5. The fourth-order valence-electron chi connectivity index (χ4n) is 4.70. The van der Waals surface area contributed by atoms with E-state index in [0.29, 0.717) is 17.7 Å². The van der Waals surface area contributed by atoms with Crippen LogP contribution in [0.4, 0.5) is 0 Å². The van der Waals surface area contributed by atoms with E-state index in [2.05, 4.69) is 10.0 Å². The Hall–Kier alpha value is -3.54. The van der Waals surface area contributed by atoms with Gasteiger partial charge in [0, 0.05) is 18.7 Å². The molecule has 0 saturated carbocycles. The first-order chi connectivity index (χ1) is 17.5. The van der Waals surface area contributed by atoms with Crippen LogP contribution in [-0.4, -0.2) is 61.3 Å². The molecule has 2 aliphatic rings. The molecule has 0 aromatic heterocycles. The van der Waals surface area contributed by atoms with Gasteiger partial charge in [0.05, 0.1) is 4.90 Å². The molecular formula is C26H31N5O5S. The number of hydrogen-bond acceptors (Lipinski definition) is 6. The second kappa shape index (κ2) is 10.8. The molecule has 0 spiro atoms. The first-order valence-electron chi connectivity index (χ1n) is 12.0. The molecule has 6 N–H and O–H groups in total. The number of hydrogen-bond donors (Lipinski definition) is 5. The summed E-state index contributed by atoms with van der Waals surface area (Å²) in [4.78, 5) is 26.9. The molecule has 2 aromatic carbocycles. The van der Waals surface area contributed by atoms with Crippen LogP contribution in [0.2, 0.25) is 0 Å². The predicted octanol–water partition coefficient (Wildman–Crippen LogP) is 1.14. The van der Waals surface area contributed by atoms with Gasteiger partial charge in [0.1, 0.15) is 17.9 Å². The second-order valence-corrected chi connectivity index (χ2v) is 11.2. The van der Waals surface area contributed by atoms with Crippen LogP contribution in [0.3, 0.4) is 0 Å². The van der Waals surface area contributed by atoms with E-state index >= 15 is 0 Å². The van der Waals surface area contributed by atoms with Crippen molar-refractivity contribution in [3.63, 3.8) is 0 Å². The van der Waals surface area contributed by atoms with E-state index in [-0.39, 0.29) is 30.1 Å². The van der Waals surface area contributed by atoms with Crippen LogP contribution in [0.1, 0.15) is 35.6 Å². The number of carboxylic acids is 1. The van der Waals surface area contributed by atoms with Gasteiger partial charge in [-0.05, 0) is 67.6 Å². The maximum atomic E-state index is 13.7. The smallest absolute Gasteiger partial charge is 0.326 e. The number of amidine groups is 1. The molecule has 196 valence electrons. The summed E-state index contributed by atoms with van der Waals surface area (Å²) in [5.74, 6) is -1.94. The quantitative estimate of drug-likeness (QED) is 0.196. The summed E-state index contributed by atoms with van der Waals surface area (Å²) >= 11 is 0. The highest BCUT2D eigenvalue weighted by molar-refractivity contribution is 7.89. The van der Waals surface area contributed by atoms with Crippen LogP contribution in [0.25, 0.3) is 0 Å². The highest BCUT2D eigenvalue weighted by Gasteiger charge is 2.37. The molecule has 10 nitrogen and oxygen atoms in total. The SMILES string of the molecule is CC1=CCN(C(=O)[C@H](Cc2cccc(C(=N)N)c2)NS(=O)(=O)c2ccc3c(c2)CNCC3)C(C(=O)O)C1. The predicted molar refractivity (Wildman–Crippen MR) is 139 cm³/mol. The maximum Gasteiger partial charge on any atom is 0.326 e. The highest BCUT2D eigenvalue weighted by atomic mass is 32.2. The van der Waals surface area contributed by atoms with Crippen LogP contribution in [0, 0.1) is 5.41 Å². The van der Waals surface area contributed by atoms with Gasteiger partial charge in [0.15, 0.2) is 0 Å². The minimum absolute atomic E-state index is 0.0365. The van der Waals surface area contributed by atoms with Crippen LogP contribution in [-0.2, 0) is 39.0 Å². The molecule has 0 aliphatic carbocycles. The van der Waals surface area contributed by atoms with Crippen molar-refractivity contribution in [3.8, 4) is 0 Å². The average molecular weight is 526 g/mol. The number of carbonyl (C=O) groups is 2. The fraction of sp³-hybridized carbons (Fsp3) is 0.346. The standard InChI is InChI=1S/C26H31N5O5S/c1-16-8-10-31(23(11-16)26(33)34)25(32)22(13-17-3-2-4-19(12-17)24(27)28)30-37(35,36)21-6-5-18-7-9-29-15-20(18)14-21/h2-6,8,12,14,22-23,29-30H,7,9-11,13,15H2,1H3,(H3,27,28)(H,33,34)/t22-,23?/m0/s1. The van der Waals surface area contributed by atoms with Crippen molar-refractivity contribution in [1.82, 2.24) is 14.9 Å². The lowest BCUT2D eigenvalue weighted by molar-refractivity contribution is -0.150. The van der Waals surface area contributed by atoms with Crippen molar-refractivity contribution in [1.29, 1.82) is 5.41 Å². The van der Waals surface area contributed by atoms with E-state index in [4.69, 9.17) is 11.1 Å². The zero-order valence-electron chi connectivity index (χ0n) is 20.5. The van der Waals surface area contributed by atoms with Gasteiger partial charge in [-0.1, -0.05) is 35.9 Å². The second-order valence-electron chi connectivity index (χ2n) is 9.45. The van der Waals surface area contributed by atoms with Crippen LogP contribution < -0.4 is 15.8 Å². The van der Waals surface area contributed by atoms with E-state index in [1.54, 1.807) is 49.4 Å². The summed E-state index contributed by atoms with van der Waals surface area (Å²) in [5, 5.41) is 20.7. The molecule has 0 saturated heterocycles. The van der Waals surface area contributed by atoms with E-state index in [1.165, 1.54) is 11.0 Å². The molecule has 2 heterocycles. The third kappa shape index (κ3) is 6.07. The van der Waals surface area contributed by atoms with Crippen molar-refractivity contribution in [2.24, 2.45) is 5.73 Å². The summed E-state index contributed by atoms with van der Waals surface area (Å²) in [6.45, 7) is 3.24. The molecule has 0 bridgehead atoms. The van der Waals surface area contributed by atoms with Crippen molar-refractivity contribution in [2.75, 3.05) is 13.1 Å². The molecule has 2 aromatic rings. The molecule has 0 fully saturated rings. The topological polar surface area (TPSA) is 166 Å². The third-order valence-corrected chi connectivity index (χ3v) is 8.21. The summed E-state index contributed by atoms with van der Waals surface area (Å²) in [6.07, 6.45) is 2.69. The Morgan fingerprint density at radius 3 is 2.76 bits per heavy atom. The molecule has 0 radical (unpaired) electrons. The number of nitrogens with zero attached hydrogens (tertiary/aromatic N) is 1. The van der Waals surface area contributed by atoms with E-state index in [0.717, 1.165) is 29.7 Å². The Morgan fingerprint density at radius 1 is 1.24 bits per heavy atom. The molecule has 2 atom stereocenters. The van der Waals surface area contributed by atoms with E-state index < -0.39 is 34.0 Å². The van der Waals surface area contributed by atoms with E-state index in [9.17, 15) is 23.1 Å². The molecule has 1 unspecified atom stereocenters. The van der Waals surface area contributed by atoms with Crippen LogP contribution in [0.15, 0.2) is 59.0 Å². The first kappa shape index (κ1) is 26.5. The molecule has 4 rings (SSSR count). The zero-order valence-corrected chi connectivity index (χ0v) is 21.3. The number of amides is 1. The van der Waals surface area contributed by atoms with Gasteiger partial charge in [-0.2, -0.15) is 4.72 Å². The normalized spacial score (nSPS) is 18.5. The number of nitrogen functional groups attached to an aromatic ring is 1. The van der Waals surface area contributed by atoms with Crippen molar-refractivity contribution in [2.45, 2.75) is 49.7 Å².